The highest BCUT2D eigenvalue weighted by atomic mass is 79.9. The smallest absolute Gasteiger partial charge is 0.157 e. The quantitative estimate of drug-likeness (QED) is 0.211. The highest BCUT2D eigenvalue weighted by Gasteiger charge is 2.64. The van der Waals surface area contributed by atoms with Gasteiger partial charge in [0.1, 0.15) is 5.78 Å². The van der Waals surface area contributed by atoms with Gasteiger partial charge in [-0.05, 0) is 185 Å². The Bertz CT molecular complexity index is 1970. The number of halogens is 3. The summed E-state index contributed by atoms with van der Waals surface area (Å²) in [5.74, 6) is 6.76. The summed E-state index contributed by atoms with van der Waals surface area (Å²) in [7, 11) is 3.40. The van der Waals surface area contributed by atoms with Gasteiger partial charge in [0.25, 0.3) is 0 Å². The number of aromatic amines is 1. The van der Waals surface area contributed by atoms with Gasteiger partial charge in [-0.2, -0.15) is 10.2 Å². The molecular weight excluding hydrogens is 963 g/mol. The van der Waals surface area contributed by atoms with Gasteiger partial charge >= 0.3 is 0 Å². The molecule has 0 aromatic carbocycles. The zero-order valence-electron chi connectivity index (χ0n) is 40.1. The lowest BCUT2D eigenvalue weighted by molar-refractivity contribution is -0.164. The van der Waals surface area contributed by atoms with Gasteiger partial charge in [0.2, 0.25) is 0 Å². The predicted molar refractivity (Wildman–Crippen MR) is 279 cm³/mol. The number of rotatable bonds is 9. The molecule has 0 amide bonds. The minimum Gasteiger partial charge on any atom is -0.387 e. The molecule has 10 rings (SSSR count). The maximum absolute atomic E-state index is 13.3. The molecular formula is C55H91BrCl2N4O6. The maximum atomic E-state index is 13.3. The summed E-state index contributed by atoms with van der Waals surface area (Å²) in [6, 6.07) is 0. The van der Waals surface area contributed by atoms with Crippen molar-refractivity contribution in [1.82, 2.24) is 20.0 Å². The van der Waals surface area contributed by atoms with E-state index in [1.807, 2.05) is 0 Å². The van der Waals surface area contributed by atoms with E-state index in [-0.39, 0.29) is 44.9 Å². The molecule has 13 heteroatoms. The Morgan fingerprint density at radius 1 is 0.662 bits per heavy atom. The van der Waals surface area contributed by atoms with Crippen LogP contribution in [0.2, 0.25) is 10.0 Å². The first-order chi connectivity index (χ1) is 30.8. The number of alkyl halides is 1. The van der Waals surface area contributed by atoms with Crippen LogP contribution in [-0.2, 0) is 25.6 Å². The third kappa shape index (κ3) is 10.7. The van der Waals surface area contributed by atoms with Crippen LogP contribution in [0.1, 0.15) is 166 Å². The van der Waals surface area contributed by atoms with Crippen LogP contribution in [0.4, 0.5) is 0 Å². The zero-order chi connectivity index (χ0) is 46.6. The van der Waals surface area contributed by atoms with Gasteiger partial charge in [-0.3, -0.25) is 19.4 Å². The molecule has 0 bridgehead atoms. The van der Waals surface area contributed by atoms with Crippen LogP contribution in [-0.4, -0.2) is 85.7 Å². The van der Waals surface area contributed by atoms with Crippen LogP contribution in [0.5, 0.6) is 0 Å². The average Bonchev–Trinajstić information content (AvgIpc) is 4.08. The number of ketones is 2. The van der Waals surface area contributed by atoms with Crippen molar-refractivity contribution in [3.05, 3.63) is 34.8 Å². The Morgan fingerprint density at radius 2 is 1.13 bits per heavy atom. The summed E-state index contributed by atoms with van der Waals surface area (Å²) in [5, 5.41) is 34.1. The van der Waals surface area contributed by atoms with Crippen molar-refractivity contribution in [3.63, 3.8) is 0 Å². The molecule has 2 aromatic rings. The molecule has 0 unspecified atom stereocenters. The molecule has 8 aliphatic carbocycles. The van der Waals surface area contributed by atoms with Crippen molar-refractivity contribution >= 4 is 50.7 Å². The summed E-state index contributed by atoms with van der Waals surface area (Å²) >= 11 is 14.8. The largest absolute Gasteiger partial charge is 0.387 e. The molecule has 2 heterocycles. The van der Waals surface area contributed by atoms with Gasteiger partial charge < -0.3 is 19.7 Å². The summed E-state index contributed by atoms with van der Waals surface area (Å²) in [6.07, 6.45) is 26.7. The molecule has 68 heavy (non-hydrogen) atoms. The first-order valence-corrected chi connectivity index (χ1v) is 27.1. The number of H-pyrrole nitrogens is 1. The van der Waals surface area contributed by atoms with Gasteiger partial charge in [-0.25, -0.2) is 0 Å². The van der Waals surface area contributed by atoms with E-state index in [0.717, 1.165) is 87.4 Å². The number of fused-ring (bicyclic) bond motifs is 10. The van der Waals surface area contributed by atoms with Gasteiger partial charge in [0.05, 0.1) is 58.7 Å². The minimum atomic E-state index is -0.644. The van der Waals surface area contributed by atoms with Crippen LogP contribution in [0, 0.1) is 80.8 Å². The molecule has 10 nitrogen and oxygen atoms in total. The van der Waals surface area contributed by atoms with E-state index in [4.69, 9.17) is 32.7 Å². The summed E-state index contributed by atoms with van der Waals surface area (Å²) in [6.45, 7) is 11.2. The van der Waals surface area contributed by atoms with Gasteiger partial charge in [0, 0.05) is 38.4 Å². The highest BCUT2D eigenvalue weighted by Crippen LogP contribution is 2.70. The number of nitrogens with zero attached hydrogens (tertiary/aromatic N) is 3. The number of nitrogens with one attached hydrogen (secondary N) is 1. The maximum Gasteiger partial charge on any atom is 0.157 e. The first kappa shape index (κ1) is 57.6. The molecule has 8 aliphatic rings. The average molecular weight is 1060 g/mol. The third-order valence-corrected chi connectivity index (χ3v) is 21.7. The Morgan fingerprint density at radius 3 is 1.51 bits per heavy atom. The molecule has 16 atom stereocenters. The van der Waals surface area contributed by atoms with E-state index in [2.05, 4.69) is 58.9 Å². The molecule has 0 aliphatic heterocycles. The second-order valence-corrected chi connectivity index (χ2v) is 25.2. The normalized spacial score (nSPS) is 42.9. The van der Waals surface area contributed by atoms with Crippen molar-refractivity contribution in [2.45, 2.75) is 183 Å². The fraction of sp³-hybridized carbons (Fsp3) is 0.855. The summed E-state index contributed by atoms with van der Waals surface area (Å²) in [4.78, 5) is 25.9. The minimum absolute atomic E-state index is 0. The van der Waals surface area contributed by atoms with E-state index in [9.17, 15) is 19.8 Å². The second kappa shape index (κ2) is 22.4. The molecule has 388 valence electrons. The lowest BCUT2D eigenvalue weighted by Gasteiger charge is -2.62. The van der Waals surface area contributed by atoms with Gasteiger partial charge in [-0.1, -0.05) is 89.1 Å². The van der Waals surface area contributed by atoms with E-state index in [1.54, 1.807) is 43.7 Å². The van der Waals surface area contributed by atoms with E-state index >= 15 is 0 Å². The van der Waals surface area contributed by atoms with Crippen molar-refractivity contribution in [2.75, 3.05) is 32.8 Å². The monoisotopic (exact) mass is 1050 g/mol. The van der Waals surface area contributed by atoms with Crippen molar-refractivity contribution in [2.24, 2.45) is 80.8 Å². The molecule has 0 saturated heterocycles. The third-order valence-electron chi connectivity index (χ3n) is 20.8. The molecule has 8 saturated carbocycles. The predicted octanol–water partition coefficient (Wildman–Crippen LogP) is 13.1. The fourth-order valence-corrected chi connectivity index (χ4v) is 18.2. The van der Waals surface area contributed by atoms with E-state index in [1.165, 1.54) is 57.8 Å². The van der Waals surface area contributed by atoms with Gasteiger partial charge in [0.15, 0.2) is 5.78 Å². The molecule has 0 radical (unpaired) electrons. The van der Waals surface area contributed by atoms with Crippen LogP contribution in [0.25, 0.3) is 0 Å². The number of ether oxygens (including phenoxy) is 2. The standard InChI is InChI=1S/C26H39ClN2O3.C23H37BrO3.C3H3ClN2.3CH4/c1-24-10-11-26(31,16-32-3)12-17(24)4-5-19-20-6-7-22(25(20,2)9-8-21(19)24)23(30)15-29-14-18(27)13-28-29;1-21-10-11-23(26,14-27-3)12-15(21)4-5-16-17-6-7-19(20(25)13-24)22(17,2)9-8-18(16)21;4-3-1-5-6-2-3;;;/h13-14,17,19-22,31H,4-12,15-16H2,1-3H3;15-19,26H,4-14H2,1-3H3;1-2H,(H,5,6);3*1H4/t17-,19-,20-,21-,22+,24-,25-,26+;15-,16-,17-,18-,19+,21-,22-,23+;;;;/m00..../s1. The molecule has 8 fully saturated rings. The lowest BCUT2D eigenvalue weighted by Crippen LogP contribution is -2.56. The number of aliphatic hydroxyl groups is 2. The zero-order valence-corrected chi connectivity index (χ0v) is 43.2. The molecule has 2 aromatic heterocycles. The number of hydrogen-bond donors (Lipinski definition) is 3. The number of aromatic nitrogens is 4. The van der Waals surface area contributed by atoms with Crippen molar-refractivity contribution < 1.29 is 29.3 Å². The molecule has 3 N–H and O–H groups in total. The summed E-state index contributed by atoms with van der Waals surface area (Å²) in [5.41, 5.74) is -0.241. The SMILES string of the molecule is C.C.C.COC[C@@]1(O)CC[C@@]2(C)[C@@H](CC[C@@H]3[C@@H]2CC[C@]2(C)[C@@H](C(=O)CBr)CC[C@@H]32)C1.COC[C@@]1(O)CC[C@@]2(C)[C@@H](CC[C@@H]3[C@@H]2CC[C@]2(C)[C@@H](C(=O)Cn4cc(Cl)cn4)CC[C@@H]32)C1.Clc1cn[nH]c1. The summed E-state index contributed by atoms with van der Waals surface area (Å²) < 4.78 is 12.4. The first-order valence-electron chi connectivity index (χ1n) is 25.2. The van der Waals surface area contributed by atoms with Crippen LogP contribution >= 0.6 is 39.1 Å². The van der Waals surface area contributed by atoms with Crippen molar-refractivity contribution in [1.29, 1.82) is 0 Å². The second-order valence-electron chi connectivity index (χ2n) is 23.7. The number of Topliss-reactive ketones (excluding diaryl/α,β-unsaturated/α-hetero) is 2. The number of methoxy groups -OCH3 is 2. The number of carbonyl (C=O) groups is 2. The Labute approximate surface area is 429 Å². The molecule has 0 spiro atoms. The van der Waals surface area contributed by atoms with Crippen LogP contribution in [0.3, 0.4) is 0 Å². The van der Waals surface area contributed by atoms with E-state index in [0.29, 0.717) is 75.3 Å². The van der Waals surface area contributed by atoms with Crippen LogP contribution in [0.15, 0.2) is 24.8 Å². The number of hydrogen-bond acceptors (Lipinski definition) is 8. The Balaban J connectivity index is 0.000000219. The van der Waals surface area contributed by atoms with Crippen LogP contribution < -0.4 is 0 Å². The topological polar surface area (TPSA) is 140 Å². The van der Waals surface area contributed by atoms with E-state index < -0.39 is 11.2 Å². The Kier molecular flexibility index (Phi) is 19.0. The lowest BCUT2D eigenvalue weighted by atomic mass is 9.44. The van der Waals surface area contributed by atoms with Gasteiger partial charge in [-0.15, -0.1) is 0 Å². The number of carbonyl (C=O) groups excluding carboxylic acids is 2. The fourth-order valence-electron chi connectivity index (χ4n) is 17.5. The Hall–Kier alpha value is -1.34. The van der Waals surface area contributed by atoms with Crippen molar-refractivity contribution in [3.8, 4) is 0 Å². The highest BCUT2D eigenvalue weighted by molar-refractivity contribution is 9.09.